The summed E-state index contributed by atoms with van der Waals surface area (Å²) >= 11 is 0. The molecule has 0 heterocycles. The molecule has 0 unspecified atom stereocenters. The number of benzene rings is 1. The molecule has 0 aliphatic rings. The largest absolute Gasteiger partial charge is 0.326 e. The molecule has 2 N–H and O–H groups in total. The molecule has 0 aromatic heterocycles. The number of amides is 1. The average Bonchev–Trinajstić information content (AvgIpc) is 2.28. The molecule has 17 heavy (non-hydrogen) atoms. The Morgan fingerprint density at radius 1 is 1.47 bits per heavy atom. The van der Waals surface area contributed by atoms with Crippen molar-refractivity contribution in [3.8, 4) is 6.07 Å². The van der Waals surface area contributed by atoms with Crippen LogP contribution < -0.4 is 10.6 Å². The monoisotopic (exact) mass is 231 g/mol. The molecule has 0 aliphatic carbocycles. The van der Waals surface area contributed by atoms with Gasteiger partial charge in [-0.2, -0.15) is 5.26 Å². The van der Waals surface area contributed by atoms with Crippen molar-refractivity contribution in [3.05, 3.63) is 29.8 Å². The van der Waals surface area contributed by atoms with E-state index in [0.717, 1.165) is 0 Å². The highest BCUT2D eigenvalue weighted by molar-refractivity contribution is 5.90. The van der Waals surface area contributed by atoms with Crippen LogP contribution in [-0.2, 0) is 4.79 Å². The summed E-state index contributed by atoms with van der Waals surface area (Å²) in [6, 6.07) is 9.30. The highest BCUT2D eigenvalue weighted by atomic mass is 16.1. The molecule has 0 spiro atoms. The molecule has 0 radical (unpaired) electrons. The van der Waals surface area contributed by atoms with Gasteiger partial charge in [0, 0.05) is 24.7 Å². The Morgan fingerprint density at radius 2 is 2.24 bits per heavy atom. The minimum atomic E-state index is -0.0479. The fourth-order valence-corrected chi connectivity index (χ4v) is 1.36. The van der Waals surface area contributed by atoms with E-state index in [0.29, 0.717) is 30.3 Å². The third-order valence-corrected chi connectivity index (χ3v) is 2.18. The number of hydrogen-bond donors (Lipinski definition) is 2. The summed E-state index contributed by atoms with van der Waals surface area (Å²) in [5.41, 5.74) is 1.21. The van der Waals surface area contributed by atoms with Crippen LogP contribution >= 0.6 is 0 Å². The zero-order valence-electron chi connectivity index (χ0n) is 10.2. The zero-order chi connectivity index (χ0) is 12.7. The van der Waals surface area contributed by atoms with Gasteiger partial charge in [0.15, 0.2) is 0 Å². The smallest absolute Gasteiger partial charge is 0.225 e. The van der Waals surface area contributed by atoms with E-state index in [9.17, 15) is 4.79 Å². The van der Waals surface area contributed by atoms with Crippen LogP contribution in [0.1, 0.15) is 25.8 Å². The number of hydrogen-bond acceptors (Lipinski definition) is 3. The summed E-state index contributed by atoms with van der Waals surface area (Å²) in [6.45, 7) is 4.73. The highest BCUT2D eigenvalue weighted by Gasteiger charge is 2.03. The van der Waals surface area contributed by atoms with Crippen molar-refractivity contribution in [2.24, 2.45) is 0 Å². The Morgan fingerprint density at radius 3 is 2.88 bits per heavy atom. The van der Waals surface area contributed by atoms with Crippen molar-refractivity contribution in [2.45, 2.75) is 26.3 Å². The minimum absolute atomic E-state index is 0.0479. The van der Waals surface area contributed by atoms with Gasteiger partial charge in [-0.15, -0.1) is 0 Å². The summed E-state index contributed by atoms with van der Waals surface area (Å²) < 4.78 is 0. The van der Waals surface area contributed by atoms with E-state index < -0.39 is 0 Å². The highest BCUT2D eigenvalue weighted by Crippen LogP contribution is 2.09. The molecule has 4 heteroatoms. The maximum Gasteiger partial charge on any atom is 0.225 e. The van der Waals surface area contributed by atoms with Crippen LogP contribution in [0.3, 0.4) is 0 Å². The second-order valence-electron chi connectivity index (χ2n) is 4.10. The molecule has 0 saturated heterocycles. The fourth-order valence-electron chi connectivity index (χ4n) is 1.36. The summed E-state index contributed by atoms with van der Waals surface area (Å²) in [7, 11) is 0. The molecule has 1 amide bonds. The molecule has 0 bridgehead atoms. The average molecular weight is 231 g/mol. The van der Waals surface area contributed by atoms with Crippen molar-refractivity contribution in [3.63, 3.8) is 0 Å². The number of nitrogens with zero attached hydrogens (tertiary/aromatic N) is 1. The zero-order valence-corrected chi connectivity index (χ0v) is 10.2. The summed E-state index contributed by atoms with van der Waals surface area (Å²) in [5.74, 6) is -0.0479. The van der Waals surface area contributed by atoms with Gasteiger partial charge in [-0.3, -0.25) is 4.79 Å². The fraction of sp³-hybridized carbons (Fsp3) is 0.385. The van der Waals surface area contributed by atoms with Gasteiger partial charge in [-0.25, -0.2) is 0 Å². The van der Waals surface area contributed by atoms with Gasteiger partial charge in [0.25, 0.3) is 0 Å². The van der Waals surface area contributed by atoms with Crippen LogP contribution in [0.5, 0.6) is 0 Å². The van der Waals surface area contributed by atoms with Crippen LogP contribution in [0.2, 0.25) is 0 Å². The van der Waals surface area contributed by atoms with E-state index in [1.807, 2.05) is 19.9 Å². The quantitative estimate of drug-likeness (QED) is 0.813. The SMILES string of the molecule is CC(C)NCCC(=O)Nc1cccc(C#N)c1. The van der Waals surface area contributed by atoms with E-state index in [-0.39, 0.29) is 5.91 Å². The van der Waals surface area contributed by atoms with Crippen LogP contribution in [0.4, 0.5) is 5.69 Å². The molecule has 1 aromatic rings. The first kappa shape index (κ1) is 13.2. The van der Waals surface area contributed by atoms with Crippen molar-refractivity contribution >= 4 is 11.6 Å². The Hall–Kier alpha value is -1.86. The Balaban J connectivity index is 2.43. The predicted octanol–water partition coefficient (Wildman–Crippen LogP) is 1.88. The molecule has 1 aromatic carbocycles. The van der Waals surface area contributed by atoms with Crippen molar-refractivity contribution in [2.75, 3.05) is 11.9 Å². The van der Waals surface area contributed by atoms with E-state index in [2.05, 4.69) is 10.6 Å². The number of carbonyl (C=O) groups excluding carboxylic acids is 1. The lowest BCUT2D eigenvalue weighted by atomic mass is 10.2. The summed E-state index contributed by atoms with van der Waals surface area (Å²) in [5, 5.41) is 14.7. The Labute approximate surface area is 102 Å². The van der Waals surface area contributed by atoms with E-state index in [4.69, 9.17) is 5.26 Å². The lowest BCUT2D eigenvalue weighted by Crippen LogP contribution is -2.27. The van der Waals surface area contributed by atoms with Crippen LogP contribution in [0.25, 0.3) is 0 Å². The third kappa shape index (κ3) is 5.14. The number of carbonyl (C=O) groups is 1. The van der Waals surface area contributed by atoms with Crippen molar-refractivity contribution in [1.29, 1.82) is 5.26 Å². The van der Waals surface area contributed by atoms with E-state index in [1.165, 1.54) is 0 Å². The first-order chi connectivity index (χ1) is 8.11. The van der Waals surface area contributed by atoms with Gasteiger partial charge in [-0.05, 0) is 18.2 Å². The molecule has 1 rings (SSSR count). The molecule has 0 aliphatic heterocycles. The Kier molecular flexibility index (Phi) is 5.18. The number of nitriles is 1. The van der Waals surface area contributed by atoms with Crippen LogP contribution in [0, 0.1) is 11.3 Å². The van der Waals surface area contributed by atoms with Crippen LogP contribution in [-0.4, -0.2) is 18.5 Å². The van der Waals surface area contributed by atoms with Crippen molar-refractivity contribution in [1.82, 2.24) is 5.32 Å². The molecule has 4 nitrogen and oxygen atoms in total. The van der Waals surface area contributed by atoms with Gasteiger partial charge in [0.1, 0.15) is 0 Å². The molecule has 0 saturated carbocycles. The standard InChI is InChI=1S/C13H17N3O/c1-10(2)15-7-6-13(17)16-12-5-3-4-11(8-12)9-14/h3-5,8,10,15H,6-7H2,1-2H3,(H,16,17). The topological polar surface area (TPSA) is 64.9 Å². The second-order valence-corrected chi connectivity index (χ2v) is 4.10. The Bertz CT molecular complexity index is 421. The first-order valence-electron chi connectivity index (χ1n) is 5.65. The second kappa shape index (κ2) is 6.66. The summed E-state index contributed by atoms with van der Waals surface area (Å²) in [4.78, 5) is 11.6. The number of anilines is 1. The molecule has 0 fully saturated rings. The number of rotatable bonds is 5. The summed E-state index contributed by atoms with van der Waals surface area (Å²) in [6.07, 6.45) is 0.426. The third-order valence-electron chi connectivity index (χ3n) is 2.18. The molecule has 0 atom stereocenters. The minimum Gasteiger partial charge on any atom is -0.326 e. The van der Waals surface area contributed by atoms with Gasteiger partial charge >= 0.3 is 0 Å². The molecule has 90 valence electrons. The maximum absolute atomic E-state index is 11.6. The van der Waals surface area contributed by atoms with Crippen molar-refractivity contribution < 1.29 is 4.79 Å². The predicted molar refractivity (Wildman–Crippen MR) is 67.5 cm³/mol. The number of nitrogens with one attached hydrogen (secondary N) is 2. The van der Waals surface area contributed by atoms with E-state index >= 15 is 0 Å². The maximum atomic E-state index is 11.6. The van der Waals surface area contributed by atoms with E-state index in [1.54, 1.807) is 24.3 Å². The van der Waals surface area contributed by atoms with Gasteiger partial charge in [-0.1, -0.05) is 19.9 Å². The van der Waals surface area contributed by atoms with Gasteiger partial charge < -0.3 is 10.6 Å². The van der Waals surface area contributed by atoms with Gasteiger partial charge in [0.2, 0.25) is 5.91 Å². The normalized spacial score (nSPS) is 10.0. The van der Waals surface area contributed by atoms with Gasteiger partial charge in [0.05, 0.1) is 11.6 Å². The van der Waals surface area contributed by atoms with Crippen LogP contribution in [0.15, 0.2) is 24.3 Å². The first-order valence-corrected chi connectivity index (χ1v) is 5.65. The lowest BCUT2D eigenvalue weighted by Gasteiger charge is -2.08. The lowest BCUT2D eigenvalue weighted by molar-refractivity contribution is -0.116. The molecular weight excluding hydrogens is 214 g/mol. The molecular formula is C13H17N3O.